The van der Waals surface area contributed by atoms with Gasteiger partial charge in [-0.05, 0) is 31.7 Å². The van der Waals surface area contributed by atoms with E-state index in [1.807, 2.05) is 6.07 Å². The zero-order chi connectivity index (χ0) is 21.1. The Morgan fingerprint density at radius 3 is 2.62 bits per heavy atom. The smallest absolute Gasteiger partial charge is 0.290 e. The highest BCUT2D eigenvalue weighted by Gasteiger charge is 2.27. The lowest BCUT2D eigenvalue weighted by molar-refractivity contribution is -0.126. The maximum absolute atomic E-state index is 12.2. The van der Waals surface area contributed by atoms with Gasteiger partial charge in [-0.15, -0.1) is 0 Å². The molecular weight excluding hydrogens is 380 g/mol. The Bertz CT molecular complexity index is 842. The number of aromatic amines is 2. The molecule has 0 aliphatic heterocycles. The van der Waals surface area contributed by atoms with Gasteiger partial charge in [-0.3, -0.25) is 24.3 Å². The summed E-state index contributed by atoms with van der Waals surface area (Å²) in [7, 11) is 0. The first kappa shape index (κ1) is 21.8. The van der Waals surface area contributed by atoms with Crippen molar-refractivity contribution in [1.82, 2.24) is 30.8 Å². The van der Waals surface area contributed by atoms with Gasteiger partial charge in [0.15, 0.2) is 0 Å². The van der Waals surface area contributed by atoms with Crippen LogP contribution >= 0.6 is 0 Å². The molecule has 1 aliphatic carbocycles. The van der Waals surface area contributed by atoms with E-state index in [2.05, 4.69) is 30.8 Å². The molecule has 0 spiro atoms. The van der Waals surface area contributed by atoms with E-state index in [1.54, 1.807) is 6.20 Å². The molecule has 29 heavy (non-hydrogen) atoms. The fourth-order valence-corrected chi connectivity index (χ4v) is 3.16. The number of carbonyl (C=O) groups is 3. The van der Waals surface area contributed by atoms with Crippen LogP contribution in [0.25, 0.3) is 0 Å². The van der Waals surface area contributed by atoms with Crippen molar-refractivity contribution >= 4 is 18.3 Å². The van der Waals surface area contributed by atoms with Crippen molar-refractivity contribution in [3.8, 4) is 0 Å². The van der Waals surface area contributed by atoms with Crippen molar-refractivity contribution in [3.63, 3.8) is 0 Å². The second-order valence-corrected chi connectivity index (χ2v) is 6.54. The Labute approximate surface area is 166 Å². The maximum atomic E-state index is 12.2. The van der Waals surface area contributed by atoms with Crippen molar-refractivity contribution in [3.05, 3.63) is 46.4 Å². The van der Waals surface area contributed by atoms with Crippen LogP contribution < -0.4 is 16.2 Å². The Hall–Kier alpha value is -3.50. The van der Waals surface area contributed by atoms with Crippen molar-refractivity contribution in [1.29, 1.82) is 0 Å². The predicted molar refractivity (Wildman–Crippen MR) is 102 cm³/mol. The molecule has 0 bridgehead atoms. The number of carbonyl (C=O) groups excluding carboxylic acids is 2. The highest BCUT2D eigenvalue weighted by molar-refractivity contribution is 5.93. The van der Waals surface area contributed by atoms with Crippen molar-refractivity contribution < 1.29 is 19.5 Å². The molecule has 0 aromatic carbocycles. The molecule has 0 saturated heterocycles. The molecule has 3 rings (SSSR count). The molecule has 2 heterocycles. The lowest BCUT2D eigenvalue weighted by Gasteiger charge is -2.28. The molecule has 0 unspecified atom stereocenters. The molecule has 2 amide bonds. The Balaban J connectivity index is 0.000000941. The first-order valence-corrected chi connectivity index (χ1v) is 9.22. The minimum Gasteiger partial charge on any atom is -0.483 e. The number of H-pyrrole nitrogens is 2. The number of amides is 2. The molecule has 2 aromatic rings. The van der Waals surface area contributed by atoms with Gasteiger partial charge in [0, 0.05) is 43.0 Å². The van der Waals surface area contributed by atoms with E-state index in [1.165, 1.54) is 12.5 Å². The molecule has 0 atom stereocenters. The van der Waals surface area contributed by atoms with Gasteiger partial charge < -0.3 is 20.7 Å². The SMILES string of the molecule is O=C(NC1CCC(C(=O)NCCc2ccn[nH]2)CC1)c1cnc[nH]c1=O.O=CO. The van der Waals surface area contributed by atoms with Crippen LogP contribution in [0.3, 0.4) is 0 Å². The lowest BCUT2D eigenvalue weighted by atomic mass is 9.85. The highest BCUT2D eigenvalue weighted by Crippen LogP contribution is 2.24. The van der Waals surface area contributed by atoms with Gasteiger partial charge in [-0.2, -0.15) is 5.10 Å². The molecule has 11 heteroatoms. The van der Waals surface area contributed by atoms with Crippen LogP contribution in [0.1, 0.15) is 41.7 Å². The van der Waals surface area contributed by atoms with Crippen LogP contribution in [0.5, 0.6) is 0 Å². The van der Waals surface area contributed by atoms with Gasteiger partial charge in [0.2, 0.25) is 5.91 Å². The third-order valence-corrected chi connectivity index (χ3v) is 4.65. The summed E-state index contributed by atoms with van der Waals surface area (Å²) >= 11 is 0. The molecular formula is C18H24N6O5. The third kappa shape index (κ3) is 6.87. The minimum absolute atomic E-state index is 0.00572. The van der Waals surface area contributed by atoms with Crippen LogP contribution in [0.4, 0.5) is 0 Å². The van der Waals surface area contributed by atoms with Gasteiger partial charge in [0.05, 0.1) is 6.33 Å². The van der Waals surface area contributed by atoms with Gasteiger partial charge in [0.1, 0.15) is 5.56 Å². The molecule has 1 aliphatic rings. The second kappa shape index (κ2) is 11.4. The van der Waals surface area contributed by atoms with Crippen LogP contribution in [0.15, 0.2) is 29.6 Å². The molecule has 1 saturated carbocycles. The number of nitrogens with one attached hydrogen (secondary N) is 4. The molecule has 0 radical (unpaired) electrons. The highest BCUT2D eigenvalue weighted by atomic mass is 16.3. The van der Waals surface area contributed by atoms with E-state index in [0.29, 0.717) is 32.2 Å². The first-order valence-electron chi connectivity index (χ1n) is 9.22. The van der Waals surface area contributed by atoms with E-state index < -0.39 is 11.5 Å². The Morgan fingerprint density at radius 1 is 1.28 bits per heavy atom. The van der Waals surface area contributed by atoms with Crippen molar-refractivity contribution in [2.24, 2.45) is 5.92 Å². The molecule has 1 fully saturated rings. The summed E-state index contributed by atoms with van der Waals surface area (Å²) < 4.78 is 0. The van der Waals surface area contributed by atoms with Gasteiger partial charge in [-0.25, -0.2) is 4.98 Å². The summed E-state index contributed by atoms with van der Waals surface area (Å²) in [5, 5.41) is 19.4. The molecule has 11 nitrogen and oxygen atoms in total. The first-order chi connectivity index (χ1) is 14.0. The number of aromatic nitrogens is 4. The lowest BCUT2D eigenvalue weighted by Crippen LogP contribution is -2.42. The van der Waals surface area contributed by atoms with Crippen LogP contribution in [-0.4, -0.2) is 56.1 Å². The van der Waals surface area contributed by atoms with Gasteiger partial charge in [0.25, 0.3) is 17.9 Å². The number of rotatable bonds is 6. The van der Waals surface area contributed by atoms with E-state index in [4.69, 9.17) is 9.90 Å². The third-order valence-electron chi connectivity index (χ3n) is 4.65. The minimum atomic E-state index is -0.456. The van der Waals surface area contributed by atoms with Crippen LogP contribution in [-0.2, 0) is 16.0 Å². The topological polar surface area (TPSA) is 170 Å². The van der Waals surface area contributed by atoms with Crippen LogP contribution in [0.2, 0.25) is 0 Å². The number of hydrogen-bond acceptors (Lipinski definition) is 6. The maximum Gasteiger partial charge on any atom is 0.290 e. The fourth-order valence-electron chi connectivity index (χ4n) is 3.16. The normalized spacial score (nSPS) is 18.1. The summed E-state index contributed by atoms with van der Waals surface area (Å²) in [5.74, 6) is -0.406. The molecule has 156 valence electrons. The summed E-state index contributed by atoms with van der Waals surface area (Å²) in [6.45, 7) is 0.321. The van der Waals surface area contributed by atoms with Gasteiger partial charge >= 0.3 is 0 Å². The zero-order valence-electron chi connectivity index (χ0n) is 15.8. The zero-order valence-corrected chi connectivity index (χ0v) is 15.8. The van der Waals surface area contributed by atoms with E-state index in [-0.39, 0.29) is 29.9 Å². The largest absolute Gasteiger partial charge is 0.483 e. The van der Waals surface area contributed by atoms with Gasteiger partial charge in [-0.1, -0.05) is 0 Å². The molecule has 5 N–H and O–H groups in total. The number of carboxylic acid groups (broad SMARTS) is 1. The summed E-state index contributed by atoms with van der Waals surface area (Å²) in [6.07, 6.45) is 7.75. The predicted octanol–water partition coefficient (Wildman–Crippen LogP) is -0.159. The summed E-state index contributed by atoms with van der Waals surface area (Å²) in [4.78, 5) is 50.5. The fraction of sp³-hybridized carbons (Fsp3) is 0.444. The number of hydrogen-bond donors (Lipinski definition) is 5. The van der Waals surface area contributed by atoms with E-state index >= 15 is 0 Å². The van der Waals surface area contributed by atoms with Crippen LogP contribution in [0, 0.1) is 5.92 Å². The molecule has 2 aromatic heterocycles. The monoisotopic (exact) mass is 404 g/mol. The van der Waals surface area contributed by atoms with Crippen molar-refractivity contribution in [2.75, 3.05) is 6.54 Å². The van der Waals surface area contributed by atoms with Crippen molar-refractivity contribution in [2.45, 2.75) is 38.1 Å². The summed E-state index contributed by atoms with van der Waals surface area (Å²) in [5.41, 5.74) is 0.538. The Kier molecular flexibility index (Phi) is 8.54. The summed E-state index contributed by atoms with van der Waals surface area (Å²) in [6, 6.07) is 1.85. The average molecular weight is 404 g/mol. The average Bonchev–Trinajstić information content (AvgIpc) is 3.23. The second-order valence-electron chi connectivity index (χ2n) is 6.54. The quantitative estimate of drug-likeness (QED) is 0.416. The number of nitrogens with zero attached hydrogens (tertiary/aromatic N) is 2. The van der Waals surface area contributed by atoms with E-state index in [9.17, 15) is 14.4 Å². The van der Waals surface area contributed by atoms with E-state index in [0.717, 1.165) is 12.1 Å². The Morgan fingerprint density at radius 2 is 2.00 bits per heavy atom. The standard InChI is InChI=1S/C17H22N6O3.CH2O2/c24-15(19-7-5-13-6-8-21-23-13)11-1-3-12(4-2-11)22-17(26)14-9-18-10-20-16(14)25;2-1-3/h6,8-12H,1-5,7H2,(H,19,24)(H,21,23)(H,22,26)(H,18,20,25);1H,(H,2,3).